The van der Waals surface area contributed by atoms with Crippen molar-refractivity contribution in [3.8, 4) is 5.75 Å². The van der Waals surface area contributed by atoms with Crippen molar-refractivity contribution in [2.45, 2.75) is 32.2 Å². The van der Waals surface area contributed by atoms with E-state index in [1.807, 2.05) is 25.1 Å². The van der Waals surface area contributed by atoms with Gasteiger partial charge in [-0.05, 0) is 55.5 Å². The van der Waals surface area contributed by atoms with E-state index in [2.05, 4.69) is 29.6 Å². The minimum absolute atomic E-state index is 0.428. The third kappa shape index (κ3) is 3.33. The zero-order chi connectivity index (χ0) is 14.7. The number of aryl methyl sites for hydroxylation is 1. The first kappa shape index (κ1) is 14.3. The van der Waals surface area contributed by atoms with Gasteiger partial charge < -0.3 is 10.1 Å². The molecule has 0 heterocycles. The molecule has 1 N–H and O–H groups in total. The molecule has 0 aliphatic heterocycles. The number of anilines is 1. The van der Waals surface area contributed by atoms with Gasteiger partial charge in [-0.2, -0.15) is 0 Å². The second-order valence-corrected chi connectivity index (χ2v) is 5.86. The monoisotopic (exact) mass is 301 g/mol. The van der Waals surface area contributed by atoms with E-state index >= 15 is 0 Å². The standard InChI is InChI=1S/C18H20ClNO/c1-2-21-18-10-8-15(19)12-17(18)20-16-9-7-13-5-3-4-6-14(13)11-16/h3-6,8,10,12,16,20H,2,7,9,11H2,1H3. The van der Waals surface area contributed by atoms with Crippen molar-refractivity contribution in [1.82, 2.24) is 0 Å². The van der Waals surface area contributed by atoms with Crippen molar-refractivity contribution in [2.24, 2.45) is 0 Å². The van der Waals surface area contributed by atoms with Crippen molar-refractivity contribution >= 4 is 17.3 Å². The molecule has 1 aliphatic carbocycles. The van der Waals surface area contributed by atoms with Crippen molar-refractivity contribution in [3.63, 3.8) is 0 Å². The highest BCUT2D eigenvalue weighted by atomic mass is 35.5. The Balaban J connectivity index is 1.77. The van der Waals surface area contributed by atoms with E-state index in [1.165, 1.54) is 11.1 Å². The molecule has 0 fully saturated rings. The molecule has 2 aromatic rings. The Morgan fingerprint density at radius 2 is 2.00 bits per heavy atom. The number of fused-ring (bicyclic) bond motifs is 1. The summed E-state index contributed by atoms with van der Waals surface area (Å²) in [6, 6.07) is 14.9. The summed E-state index contributed by atoms with van der Waals surface area (Å²) in [6.45, 7) is 2.65. The van der Waals surface area contributed by atoms with Crippen molar-refractivity contribution in [2.75, 3.05) is 11.9 Å². The van der Waals surface area contributed by atoms with E-state index in [1.54, 1.807) is 0 Å². The maximum atomic E-state index is 6.12. The van der Waals surface area contributed by atoms with Crippen LogP contribution in [0.15, 0.2) is 42.5 Å². The van der Waals surface area contributed by atoms with E-state index in [0.717, 1.165) is 35.7 Å². The van der Waals surface area contributed by atoms with Crippen molar-refractivity contribution in [3.05, 3.63) is 58.6 Å². The second-order valence-electron chi connectivity index (χ2n) is 5.43. The third-order valence-corrected chi connectivity index (χ3v) is 4.18. The molecule has 0 spiro atoms. The van der Waals surface area contributed by atoms with E-state index in [-0.39, 0.29) is 0 Å². The second kappa shape index (κ2) is 6.40. The van der Waals surface area contributed by atoms with Crippen LogP contribution in [-0.4, -0.2) is 12.6 Å². The fourth-order valence-electron chi connectivity index (χ4n) is 2.94. The van der Waals surface area contributed by atoms with Crippen molar-refractivity contribution in [1.29, 1.82) is 0 Å². The first-order valence-corrected chi connectivity index (χ1v) is 7.89. The molecular weight excluding hydrogens is 282 g/mol. The number of benzene rings is 2. The summed E-state index contributed by atoms with van der Waals surface area (Å²) >= 11 is 6.12. The molecule has 1 aliphatic rings. The average molecular weight is 302 g/mol. The lowest BCUT2D eigenvalue weighted by molar-refractivity contribution is 0.341. The van der Waals surface area contributed by atoms with Crippen LogP contribution in [0.1, 0.15) is 24.5 Å². The van der Waals surface area contributed by atoms with E-state index in [9.17, 15) is 0 Å². The molecule has 2 nitrogen and oxygen atoms in total. The van der Waals surface area contributed by atoms with Crippen LogP contribution in [0.25, 0.3) is 0 Å². The predicted molar refractivity (Wildman–Crippen MR) is 88.5 cm³/mol. The normalized spacial score (nSPS) is 17.1. The van der Waals surface area contributed by atoms with E-state index < -0.39 is 0 Å². The molecule has 21 heavy (non-hydrogen) atoms. The number of nitrogens with one attached hydrogen (secondary N) is 1. The van der Waals surface area contributed by atoms with Crippen molar-refractivity contribution < 1.29 is 4.74 Å². The Bertz CT molecular complexity index is 626. The largest absolute Gasteiger partial charge is 0.492 e. The Morgan fingerprint density at radius 1 is 1.19 bits per heavy atom. The molecule has 3 heteroatoms. The molecule has 0 saturated carbocycles. The third-order valence-electron chi connectivity index (χ3n) is 3.95. The molecule has 2 aromatic carbocycles. The van der Waals surface area contributed by atoms with Gasteiger partial charge in [0.05, 0.1) is 12.3 Å². The van der Waals surface area contributed by atoms with Gasteiger partial charge >= 0.3 is 0 Å². The highest BCUT2D eigenvalue weighted by Gasteiger charge is 2.19. The van der Waals surface area contributed by atoms with Crippen LogP contribution in [0.4, 0.5) is 5.69 Å². The highest BCUT2D eigenvalue weighted by Crippen LogP contribution is 2.31. The number of ether oxygens (including phenoxy) is 1. The van der Waals surface area contributed by atoms with E-state index in [4.69, 9.17) is 16.3 Å². The molecule has 0 bridgehead atoms. The SMILES string of the molecule is CCOc1ccc(Cl)cc1NC1CCc2ccccc2C1. The van der Waals surface area contributed by atoms with Crippen LogP contribution in [0, 0.1) is 0 Å². The summed E-state index contributed by atoms with van der Waals surface area (Å²) < 4.78 is 5.68. The Labute approximate surface area is 131 Å². The molecule has 3 rings (SSSR count). The van der Waals surface area contributed by atoms with Gasteiger partial charge in [0.2, 0.25) is 0 Å². The topological polar surface area (TPSA) is 21.3 Å². The van der Waals surface area contributed by atoms with Gasteiger partial charge in [0.15, 0.2) is 0 Å². The fourth-order valence-corrected chi connectivity index (χ4v) is 3.11. The summed E-state index contributed by atoms with van der Waals surface area (Å²) in [4.78, 5) is 0. The first-order chi connectivity index (χ1) is 10.3. The van der Waals surface area contributed by atoms with Gasteiger partial charge in [-0.25, -0.2) is 0 Å². The first-order valence-electron chi connectivity index (χ1n) is 7.52. The molecule has 0 radical (unpaired) electrons. The maximum Gasteiger partial charge on any atom is 0.142 e. The van der Waals surface area contributed by atoms with Gasteiger partial charge in [0, 0.05) is 11.1 Å². The smallest absolute Gasteiger partial charge is 0.142 e. The Morgan fingerprint density at radius 3 is 2.81 bits per heavy atom. The quantitative estimate of drug-likeness (QED) is 0.883. The Hall–Kier alpha value is -1.67. The molecular formula is C18H20ClNO. The highest BCUT2D eigenvalue weighted by molar-refractivity contribution is 6.30. The molecule has 0 amide bonds. The molecule has 110 valence electrons. The summed E-state index contributed by atoms with van der Waals surface area (Å²) in [7, 11) is 0. The summed E-state index contributed by atoms with van der Waals surface area (Å²) in [6.07, 6.45) is 3.31. The van der Waals surface area contributed by atoms with Crippen LogP contribution in [0.2, 0.25) is 5.02 Å². The minimum atomic E-state index is 0.428. The average Bonchev–Trinajstić information content (AvgIpc) is 2.50. The van der Waals surface area contributed by atoms with Gasteiger partial charge in [-0.1, -0.05) is 35.9 Å². The summed E-state index contributed by atoms with van der Waals surface area (Å²) in [5, 5.41) is 4.34. The van der Waals surface area contributed by atoms with Crippen LogP contribution >= 0.6 is 11.6 Å². The number of halogens is 1. The minimum Gasteiger partial charge on any atom is -0.492 e. The lowest BCUT2D eigenvalue weighted by Gasteiger charge is -2.27. The van der Waals surface area contributed by atoms with Crippen LogP contribution in [0.5, 0.6) is 5.75 Å². The van der Waals surface area contributed by atoms with Crippen LogP contribution in [0.3, 0.4) is 0 Å². The predicted octanol–water partition coefficient (Wildman–Crippen LogP) is 4.71. The zero-order valence-electron chi connectivity index (χ0n) is 12.2. The summed E-state index contributed by atoms with van der Waals surface area (Å²) in [5.41, 5.74) is 3.92. The van der Waals surface area contributed by atoms with Crippen LogP contribution < -0.4 is 10.1 Å². The summed E-state index contributed by atoms with van der Waals surface area (Å²) in [5.74, 6) is 0.876. The van der Waals surface area contributed by atoms with Gasteiger partial charge in [-0.15, -0.1) is 0 Å². The fraction of sp³-hybridized carbons (Fsp3) is 0.333. The van der Waals surface area contributed by atoms with Gasteiger partial charge in [0.25, 0.3) is 0 Å². The Kier molecular flexibility index (Phi) is 4.35. The number of hydrogen-bond donors (Lipinski definition) is 1. The molecule has 1 unspecified atom stereocenters. The molecule has 1 atom stereocenters. The number of hydrogen-bond acceptors (Lipinski definition) is 2. The number of rotatable bonds is 4. The zero-order valence-corrected chi connectivity index (χ0v) is 13.0. The molecule has 0 saturated heterocycles. The lowest BCUT2D eigenvalue weighted by Crippen LogP contribution is -2.27. The lowest BCUT2D eigenvalue weighted by atomic mass is 9.88. The van der Waals surface area contributed by atoms with Gasteiger partial charge in [0.1, 0.15) is 5.75 Å². The van der Waals surface area contributed by atoms with E-state index in [0.29, 0.717) is 12.6 Å². The van der Waals surface area contributed by atoms with Gasteiger partial charge in [-0.3, -0.25) is 0 Å². The van der Waals surface area contributed by atoms with Crippen LogP contribution in [-0.2, 0) is 12.8 Å². The maximum absolute atomic E-state index is 6.12. The molecule has 0 aromatic heterocycles.